The van der Waals surface area contributed by atoms with E-state index in [0.717, 1.165) is 24.8 Å². The Morgan fingerprint density at radius 1 is 1.12 bits per heavy atom. The first-order valence-corrected chi connectivity index (χ1v) is 12.2. The second-order valence-electron chi connectivity index (χ2n) is 8.62. The first kappa shape index (κ1) is 23.4. The standard InChI is InChI=1S/C26H31N3O3S/c30-24(27-15-7-17-32-21-10-5-2-6-11-21)20-12-13-22-23(18-20)28-26(33)29(25(22)31)16-14-19-8-3-1-4-9-19/h1,3-4,8-9,12-13,18,21H,2,5-7,10-11,14-17H2,(H,27,30)(H,28,33). The van der Waals surface area contributed by atoms with Gasteiger partial charge in [0.15, 0.2) is 4.77 Å². The molecular formula is C26H31N3O3S. The van der Waals surface area contributed by atoms with Gasteiger partial charge in [0.2, 0.25) is 0 Å². The molecule has 2 N–H and O–H groups in total. The van der Waals surface area contributed by atoms with Crippen LogP contribution in [0.3, 0.4) is 0 Å². The zero-order valence-electron chi connectivity index (χ0n) is 18.8. The molecule has 1 amide bonds. The van der Waals surface area contributed by atoms with E-state index < -0.39 is 0 Å². The Morgan fingerprint density at radius 2 is 1.91 bits per heavy atom. The van der Waals surface area contributed by atoms with Crippen molar-refractivity contribution in [3.63, 3.8) is 0 Å². The zero-order valence-corrected chi connectivity index (χ0v) is 19.7. The maximum atomic E-state index is 13.0. The highest BCUT2D eigenvalue weighted by Crippen LogP contribution is 2.20. The number of amides is 1. The van der Waals surface area contributed by atoms with Crippen LogP contribution in [0.4, 0.5) is 0 Å². The number of nitrogens with one attached hydrogen (secondary N) is 2. The molecule has 6 nitrogen and oxygen atoms in total. The summed E-state index contributed by atoms with van der Waals surface area (Å²) in [5.41, 5.74) is 2.09. The highest BCUT2D eigenvalue weighted by Gasteiger charge is 2.14. The number of benzene rings is 2. The van der Waals surface area contributed by atoms with Crippen molar-refractivity contribution in [1.82, 2.24) is 14.9 Å². The Morgan fingerprint density at radius 3 is 2.70 bits per heavy atom. The lowest BCUT2D eigenvalue weighted by atomic mass is 9.98. The SMILES string of the molecule is O=C(NCCCOC1CCCCC1)c1ccc2c(=O)n(CCc3ccccc3)c(=S)[nH]c2c1. The van der Waals surface area contributed by atoms with Crippen LogP contribution in [0.5, 0.6) is 0 Å². The molecule has 0 bridgehead atoms. The fourth-order valence-corrected chi connectivity index (χ4v) is 4.63. The average Bonchev–Trinajstić information content (AvgIpc) is 2.84. The Labute approximate surface area is 199 Å². The van der Waals surface area contributed by atoms with E-state index in [1.165, 1.54) is 19.3 Å². The number of ether oxygens (including phenoxy) is 1. The maximum Gasteiger partial charge on any atom is 0.262 e. The summed E-state index contributed by atoms with van der Waals surface area (Å²) in [5, 5.41) is 3.46. The molecule has 0 saturated heterocycles. The van der Waals surface area contributed by atoms with E-state index in [2.05, 4.69) is 10.3 Å². The molecule has 1 aliphatic rings. The Kier molecular flexibility index (Phi) is 8.07. The first-order valence-electron chi connectivity index (χ1n) is 11.8. The normalized spacial score (nSPS) is 14.4. The molecule has 4 rings (SSSR count). The molecule has 33 heavy (non-hydrogen) atoms. The molecule has 1 aromatic heterocycles. The van der Waals surface area contributed by atoms with Gasteiger partial charge in [0.25, 0.3) is 11.5 Å². The Balaban J connectivity index is 1.35. The first-order chi connectivity index (χ1) is 16.1. The average molecular weight is 466 g/mol. The summed E-state index contributed by atoms with van der Waals surface area (Å²) in [6.07, 6.45) is 8.01. The van der Waals surface area contributed by atoms with Gasteiger partial charge in [-0.1, -0.05) is 49.6 Å². The number of nitrogens with zero attached hydrogens (tertiary/aromatic N) is 1. The molecular weight excluding hydrogens is 434 g/mol. The van der Waals surface area contributed by atoms with Gasteiger partial charge in [0, 0.05) is 25.3 Å². The van der Waals surface area contributed by atoms with Gasteiger partial charge in [0.05, 0.1) is 17.0 Å². The predicted octanol–water partition coefficient (Wildman–Crippen LogP) is 4.77. The highest BCUT2D eigenvalue weighted by molar-refractivity contribution is 7.71. The van der Waals surface area contributed by atoms with Crippen molar-refractivity contribution in [3.05, 3.63) is 74.8 Å². The van der Waals surface area contributed by atoms with Crippen molar-refractivity contribution in [2.75, 3.05) is 13.2 Å². The number of hydrogen-bond donors (Lipinski definition) is 2. The number of hydrogen-bond acceptors (Lipinski definition) is 4. The molecule has 1 fully saturated rings. The summed E-state index contributed by atoms with van der Waals surface area (Å²) in [6, 6.07) is 15.1. The third-order valence-corrected chi connectivity index (χ3v) is 6.55. The quantitative estimate of drug-likeness (QED) is 0.353. The fourth-order valence-electron chi connectivity index (χ4n) is 4.34. The number of carbonyl (C=O) groups excluding carboxylic acids is 1. The fraction of sp³-hybridized carbons (Fsp3) is 0.423. The van der Waals surface area contributed by atoms with E-state index in [9.17, 15) is 9.59 Å². The Bertz CT molecular complexity index is 1200. The number of H-pyrrole nitrogens is 1. The van der Waals surface area contributed by atoms with Gasteiger partial charge in [0.1, 0.15) is 0 Å². The Hall–Kier alpha value is -2.77. The lowest BCUT2D eigenvalue weighted by molar-refractivity contribution is 0.0273. The number of carbonyl (C=O) groups is 1. The summed E-state index contributed by atoms with van der Waals surface area (Å²) in [5.74, 6) is -0.165. The second kappa shape index (κ2) is 11.4. The van der Waals surface area contributed by atoms with E-state index in [4.69, 9.17) is 17.0 Å². The van der Waals surface area contributed by atoms with Crippen LogP contribution in [0.15, 0.2) is 53.3 Å². The third-order valence-electron chi connectivity index (χ3n) is 6.22. The van der Waals surface area contributed by atoms with Gasteiger partial charge in [-0.05, 0) is 61.7 Å². The van der Waals surface area contributed by atoms with E-state index in [0.29, 0.717) is 53.5 Å². The summed E-state index contributed by atoms with van der Waals surface area (Å²) in [4.78, 5) is 28.7. The minimum Gasteiger partial charge on any atom is -0.378 e. The molecule has 7 heteroatoms. The molecule has 3 aromatic rings. The minimum atomic E-state index is -0.165. The van der Waals surface area contributed by atoms with Crippen molar-refractivity contribution in [1.29, 1.82) is 0 Å². The lowest BCUT2D eigenvalue weighted by Gasteiger charge is -2.21. The summed E-state index contributed by atoms with van der Waals surface area (Å²) in [7, 11) is 0. The van der Waals surface area contributed by atoms with Crippen molar-refractivity contribution in [3.8, 4) is 0 Å². The zero-order chi connectivity index (χ0) is 23.0. The maximum absolute atomic E-state index is 13.0. The molecule has 1 saturated carbocycles. The van der Waals surface area contributed by atoms with Crippen LogP contribution in [0.2, 0.25) is 0 Å². The smallest absolute Gasteiger partial charge is 0.262 e. The molecule has 0 radical (unpaired) electrons. The van der Waals surface area contributed by atoms with Gasteiger partial charge in [-0.2, -0.15) is 0 Å². The summed E-state index contributed by atoms with van der Waals surface area (Å²) >= 11 is 5.44. The van der Waals surface area contributed by atoms with Crippen molar-refractivity contribution >= 4 is 29.0 Å². The van der Waals surface area contributed by atoms with Crippen LogP contribution in [0, 0.1) is 4.77 Å². The lowest BCUT2D eigenvalue weighted by Crippen LogP contribution is -2.27. The molecule has 0 atom stereocenters. The number of rotatable bonds is 9. The van der Waals surface area contributed by atoms with Crippen LogP contribution in [0.25, 0.3) is 10.9 Å². The van der Waals surface area contributed by atoms with Crippen LogP contribution in [-0.2, 0) is 17.7 Å². The van der Waals surface area contributed by atoms with Gasteiger partial charge in [-0.3, -0.25) is 14.2 Å². The monoisotopic (exact) mass is 465 g/mol. The molecule has 1 heterocycles. The van der Waals surface area contributed by atoms with Gasteiger partial charge < -0.3 is 15.0 Å². The van der Waals surface area contributed by atoms with Crippen LogP contribution in [-0.4, -0.2) is 34.7 Å². The van der Waals surface area contributed by atoms with Gasteiger partial charge >= 0.3 is 0 Å². The minimum absolute atomic E-state index is 0.142. The van der Waals surface area contributed by atoms with E-state index in [1.807, 2.05) is 30.3 Å². The number of aromatic nitrogens is 2. The van der Waals surface area contributed by atoms with Gasteiger partial charge in [-0.15, -0.1) is 0 Å². The molecule has 1 aliphatic carbocycles. The number of fused-ring (bicyclic) bond motifs is 1. The summed E-state index contributed by atoms with van der Waals surface area (Å²) in [6.45, 7) is 1.72. The third kappa shape index (κ3) is 6.18. The number of aryl methyl sites for hydroxylation is 1. The van der Waals surface area contributed by atoms with E-state index >= 15 is 0 Å². The van der Waals surface area contributed by atoms with Crippen molar-refractivity contribution < 1.29 is 9.53 Å². The van der Waals surface area contributed by atoms with Crippen molar-refractivity contribution in [2.24, 2.45) is 0 Å². The topological polar surface area (TPSA) is 76.1 Å². The molecule has 2 aromatic carbocycles. The molecule has 174 valence electrons. The number of aromatic amines is 1. The molecule has 0 unspecified atom stereocenters. The largest absolute Gasteiger partial charge is 0.378 e. The van der Waals surface area contributed by atoms with Crippen molar-refractivity contribution in [2.45, 2.75) is 57.6 Å². The van der Waals surface area contributed by atoms with Gasteiger partial charge in [-0.25, -0.2) is 0 Å². The van der Waals surface area contributed by atoms with Crippen LogP contribution < -0.4 is 10.9 Å². The molecule has 0 spiro atoms. The van der Waals surface area contributed by atoms with Crippen LogP contribution >= 0.6 is 12.2 Å². The molecule has 0 aliphatic heterocycles. The highest BCUT2D eigenvalue weighted by atomic mass is 32.1. The second-order valence-corrected chi connectivity index (χ2v) is 9.01. The van der Waals surface area contributed by atoms with E-state index in [-0.39, 0.29) is 11.5 Å². The van der Waals surface area contributed by atoms with Crippen LogP contribution in [0.1, 0.15) is 54.4 Å². The summed E-state index contributed by atoms with van der Waals surface area (Å²) < 4.78 is 7.85. The predicted molar refractivity (Wildman–Crippen MR) is 133 cm³/mol. The van der Waals surface area contributed by atoms with E-state index in [1.54, 1.807) is 22.8 Å².